The predicted octanol–water partition coefficient (Wildman–Crippen LogP) is 2.14. The molecule has 92 valence electrons. The van der Waals surface area contributed by atoms with Crippen LogP contribution in [-0.2, 0) is 4.79 Å². The van der Waals surface area contributed by atoms with Crippen molar-refractivity contribution in [3.05, 3.63) is 35.6 Å². The van der Waals surface area contributed by atoms with Crippen molar-refractivity contribution in [1.82, 2.24) is 5.32 Å². The number of hydrogen-bond donors (Lipinski definition) is 2. The summed E-state index contributed by atoms with van der Waals surface area (Å²) in [5.74, 6) is -1.98. The molecule has 1 aliphatic rings. The molecule has 0 bridgehead atoms. The van der Waals surface area contributed by atoms with Gasteiger partial charge in [0.25, 0.3) is 0 Å². The summed E-state index contributed by atoms with van der Waals surface area (Å²) in [4.78, 5) is 11.2. The van der Waals surface area contributed by atoms with Gasteiger partial charge in [-0.3, -0.25) is 4.79 Å². The number of aliphatic carboxylic acids is 1. The van der Waals surface area contributed by atoms with Gasteiger partial charge in [0.15, 0.2) is 0 Å². The first kappa shape index (κ1) is 12.0. The van der Waals surface area contributed by atoms with Crippen LogP contribution in [-0.4, -0.2) is 23.7 Å². The first-order chi connectivity index (χ1) is 8.16. The Balaban J connectivity index is 2.02. The quantitative estimate of drug-likeness (QED) is 0.824. The van der Waals surface area contributed by atoms with Gasteiger partial charge in [-0.15, -0.1) is 0 Å². The van der Waals surface area contributed by atoms with Crippen LogP contribution >= 0.6 is 0 Å². The van der Waals surface area contributed by atoms with Crippen molar-refractivity contribution < 1.29 is 14.3 Å². The summed E-state index contributed by atoms with van der Waals surface area (Å²) in [7, 11) is 0. The molecule has 0 heterocycles. The monoisotopic (exact) mass is 237 g/mol. The number of rotatable bonds is 5. The SMILES string of the molecule is O=C(O)C(CNC1CCC1)c1cccc(F)c1. The van der Waals surface area contributed by atoms with Crippen molar-refractivity contribution in [2.45, 2.75) is 31.2 Å². The van der Waals surface area contributed by atoms with Gasteiger partial charge in [0.2, 0.25) is 0 Å². The number of halogens is 1. The van der Waals surface area contributed by atoms with E-state index in [1.54, 1.807) is 12.1 Å². The van der Waals surface area contributed by atoms with Crippen molar-refractivity contribution in [2.24, 2.45) is 0 Å². The topological polar surface area (TPSA) is 49.3 Å². The summed E-state index contributed by atoms with van der Waals surface area (Å²) in [6.45, 7) is 0.365. The Morgan fingerprint density at radius 1 is 1.53 bits per heavy atom. The van der Waals surface area contributed by atoms with Crippen LogP contribution in [0.4, 0.5) is 4.39 Å². The molecule has 2 N–H and O–H groups in total. The Morgan fingerprint density at radius 3 is 2.82 bits per heavy atom. The molecule has 1 fully saturated rings. The highest BCUT2D eigenvalue weighted by Crippen LogP contribution is 2.21. The fraction of sp³-hybridized carbons (Fsp3) is 0.462. The van der Waals surface area contributed by atoms with Gasteiger partial charge in [-0.25, -0.2) is 4.39 Å². The van der Waals surface area contributed by atoms with Crippen molar-refractivity contribution >= 4 is 5.97 Å². The van der Waals surface area contributed by atoms with Crippen LogP contribution in [0.25, 0.3) is 0 Å². The fourth-order valence-corrected chi connectivity index (χ4v) is 1.97. The highest BCUT2D eigenvalue weighted by molar-refractivity contribution is 5.76. The van der Waals surface area contributed by atoms with Crippen LogP contribution in [0.3, 0.4) is 0 Å². The lowest BCUT2D eigenvalue weighted by molar-refractivity contribution is -0.138. The van der Waals surface area contributed by atoms with Gasteiger partial charge in [0, 0.05) is 12.6 Å². The summed E-state index contributed by atoms with van der Waals surface area (Å²) >= 11 is 0. The van der Waals surface area contributed by atoms with Gasteiger partial charge in [0.05, 0.1) is 5.92 Å². The molecular formula is C13H16FNO2. The molecule has 1 saturated carbocycles. The number of carboxylic acids is 1. The normalized spacial score (nSPS) is 17.5. The van der Waals surface area contributed by atoms with E-state index in [1.807, 2.05) is 0 Å². The summed E-state index contributed by atoms with van der Waals surface area (Å²) < 4.78 is 13.1. The van der Waals surface area contributed by atoms with Crippen molar-refractivity contribution in [3.63, 3.8) is 0 Å². The number of carboxylic acid groups (broad SMARTS) is 1. The summed E-state index contributed by atoms with van der Waals surface area (Å²) in [6, 6.07) is 6.25. The number of benzene rings is 1. The number of hydrogen-bond acceptors (Lipinski definition) is 2. The van der Waals surface area contributed by atoms with Gasteiger partial charge < -0.3 is 10.4 Å². The molecule has 0 aromatic heterocycles. The molecule has 0 saturated heterocycles. The molecule has 1 unspecified atom stereocenters. The Morgan fingerprint density at radius 2 is 2.29 bits per heavy atom. The van der Waals surface area contributed by atoms with Crippen LogP contribution in [0.5, 0.6) is 0 Å². The second-order valence-electron chi connectivity index (χ2n) is 4.48. The molecule has 0 radical (unpaired) electrons. The molecule has 1 atom stereocenters. The lowest BCUT2D eigenvalue weighted by atomic mass is 9.91. The fourth-order valence-electron chi connectivity index (χ4n) is 1.97. The van der Waals surface area contributed by atoms with Gasteiger partial charge in [-0.2, -0.15) is 0 Å². The minimum atomic E-state index is -0.914. The third kappa shape index (κ3) is 3.03. The van der Waals surface area contributed by atoms with Gasteiger partial charge in [0.1, 0.15) is 5.82 Å². The van der Waals surface area contributed by atoms with Crippen molar-refractivity contribution in [3.8, 4) is 0 Å². The van der Waals surface area contributed by atoms with Crippen LogP contribution in [0.2, 0.25) is 0 Å². The number of nitrogens with one attached hydrogen (secondary N) is 1. The smallest absolute Gasteiger partial charge is 0.312 e. The van der Waals surface area contributed by atoms with Gasteiger partial charge >= 0.3 is 5.97 Å². The van der Waals surface area contributed by atoms with E-state index in [9.17, 15) is 9.18 Å². The molecule has 1 aliphatic carbocycles. The van der Waals surface area contributed by atoms with Gasteiger partial charge in [-0.05, 0) is 30.5 Å². The van der Waals surface area contributed by atoms with Crippen LogP contribution in [0, 0.1) is 5.82 Å². The zero-order chi connectivity index (χ0) is 12.3. The lowest BCUT2D eigenvalue weighted by Crippen LogP contribution is -2.39. The Hall–Kier alpha value is -1.42. The molecule has 0 aliphatic heterocycles. The molecule has 3 nitrogen and oxygen atoms in total. The third-order valence-corrected chi connectivity index (χ3v) is 3.26. The highest BCUT2D eigenvalue weighted by atomic mass is 19.1. The zero-order valence-corrected chi connectivity index (χ0v) is 9.53. The largest absolute Gasteiger partial charge is 0.481 e. The molecule has 0 spiro atoms. The maximum absolute atomic E-state index is 13.1. The average molecular weight is 237 g/mol. The lowest BCUT2D eigenvalue weighted by Gasteiger charge is -2.28. The molecule has 2 rings (SSSR count). The van der Waals surface area contributed by atoms with Crippen molar-refractivity contribution in [1.29, 1.82) is 0 Å². The van der Waals surface area contributed by atoms with Crippen LogP contribution < -0.4 is 5.32 Å². The maximum atomic E-state index is 13.1. The van der Waals surface area contributed by atoms with E-state index in [4.69, 9.17) is 5.11 Å². The summed E-state index contributed by atoms with van der Waals surface area (Å²) in [5.41, 5.74) is 0.518. The van der Waals surface area contributed by atoms with Crippen molar-refractivity contribution in [2.75, 3.05) is 6.54 Å². The van der Waals surface area contributed by atoms with E-state index in [-0.39, 0.29) is 0 Å². The van der Waals surface area contributed by atoms with E-state index >= 15 is 0 Å². The third-order valence-electron chi connectivity index (χ3n) is 3.26. The van der Waals surface area contributed by atoms with E-state index in [0.717, 1.165) is 12.8 Å². The second-order valence-corrected chi connectivity index (χ2v) is 4.48. The average Bonchev–Trinajstić information content (AvgIpc) is 2.21. The van der Waals surface area contributed by atoms with Crippen LogP contribution in [0.15, 0.2) is 24.3 Å². The molecule has 0 amide bonds. The summed E-state index contributed by atoms with van der Waals surface area (Å²) in [6.07, 6.45) is 3.42. The maximum Gasteiger partial charge on any atom is 0.312 e. The van der Waals surface area contributed by atoms with Crippen LogP contribution in [0.1, 0.15) is 30.7 Å². The minimum Gasteiger partial charge on any atom is -0.481 e. The minimum absolute atomic E-state index is 0.365. The molecule has 4 heteroatoms. The van der Waals surface area contributed by atoms with E-state index < -0.39 is 17.7 Å². The standard InChI is InChI=1S/C13H16FNO2/c14-10-4-1-3-9(7-10)12(13(16)17)8-15-11-5-2-6-11/h1,3-4,7,11-12,15H,2,5-6,8H2,(H,16,17). The Bertz CT molecular complexity index is 404. The highest BCUT2D eigenvalue weighted by Gasteiger charge is 2.23. The predicted molar refractivity (Wildman–Crippen MR) is 62.4 cm³/mol. The van der Waals surface area contributed by atoms with E-state index in [0.29, 0.717) is 18.2 Å². The summed E-state index contributed by atoms with van der Waals surface area (Å²) in [5, 5.41) is 12.4. The first-order valence-corrected chi connectivity index (χ1v) is 5.88. The molecule has 17 heavy (non-hydrogen) atoms. The second kappa shape index (κ2) is 5.27. The number of carbonyl (C=O) groups is 1. The Kier molecular flexibility index (Phi) is 3.74. The van der Waals surface area contributed by atoms with E-state index in [1.165, 1.54) is 18.6 Å². The molecule has 1 aromatic rings. The Labute approximate surface area is 99.7 Å². The van der Waals surface area contributed by atoms with E-state index in [2.05, 4.69) is 5.32 Å². The first-order valence-electron chi connectivity index (χ1n) is 5.88. The molecule has 1 aromatic carbocycles. The van der Waals surface area contributed by atoms with Gasteiger partial charge in [-0.1, -0.05) is 18.6 Å². The molecular weight excluding hydrogens is 221 g/mol. The zero-order valence-electron chi connectivity index (χ0n) is 9.53.